The van der Waals surface area contributed by atoms with Gasteiger partial charge in [0.25, 0.3) is 5.91 Å². The number of nitrogens with zero attached hydrogens (tertiary/aromatic N) is 2. The number of aryl methyl sites for hydroxylation is 1. The lowest BCUT2D eigenvalue weighted by molar-refractivity contribution is -0.141. The Hall–Kier alpha value is -2.37. The lowest BCUT2D eigenvalue weighted by Crippen LogP contribution is -2.69. The van der Waals surface area contributed by atoms with Crippen LogP contribution in [0.5, 0.6) is 5.75 Å². The zero-order valence-electron chi connectivity index (χ0n) is 20.9. The van der Waals surface area contributed by atoms with Gasteiger partial charge in [-0.05, 0) is 99.7 Å². The van der Waals surface area contributed by atoms with Crippen LogP contribution in [0.1, 0.15) is 65.6 Å². The minimum atomic E-state index is -0.323. The van der Waals surface area contributed by atoms with E-state index in [0.717, 1.165) is 55.7 Å². The number of piperidine rings is 1. The molecule has 2 aromatic carbocycles. The smallest absolute Gasteiger partial charge is 0.253 e. The summed E-state index contributed by atoms with van der Waals surface area (Å²) < 4.78 is 7.30. The molecular weight excluding hydrogens is 436 g/mol. The Balaban J connectivity index is 1.24. The Morgan fingerprint density at radius 1 is 1.14 bits per heavy atom. The molecule has 4 atom stereocenters. The van der Waals surface area contributed by atoms with Crippen LogP contribution < -0.4 is 0 Å². The van der Waals surface area contributed by atoms with Crippen molar-refractivity contribution in [3.05, 3.63) is 64.7 Å². The van der Waals surface area contributed by atoms with E-state index in [1.165, 1.54) is 30.5 Å². The van der Waals surface area contributed by atoms with Gasteiger partial charge < -0.3 is 14.7 Å². The van der Waals surface area contributed by atoms with E-state index in [1.54, 1.807) is 0 Å². The first-order valence-corrected chi connectivity index (χ1v) is 13.4. The van der Waals surface area contributed by atoms with Crippen molar-refractivity contribution in [2.45, 2.75) is 74.5 Å². The molecule has 4 fully saturated rings. The number of hydrogen-bond acceptors (Lipinski definition) is 4. The van der Waals surface area contributed by atoms with Crippen molar-refractivity contribution in [2.24, 2.45) is 5.92 Å². The maximum Gasteiger partial charge on any atom is 0.253 e. The highest BCUT2D eigenvalue weighted by Gasteiger charge is 2.75. The number of benzene rings is 2. The molecule has 4 bridgehead atoms. The number of fused-ring (bicyclic) bond motifs is 2. The molecule has 2 aliphatic carbocycles. The first-order valence-electron chi connectivity index (χ1n) is 13.4. The average molecular weight is 473 g/mol. The fourth-order valence-electron chi connectivity index (χ4n) is 8.29. The molecule has 0 unspecified atom stereocenters. The molecule has 35 heavy (non-hydrogen) atoms. The van der Waals surface area contributed by atoms with Crippen LogP contribution in [0.4, 0.5) is 0 Å². The SMILES string of the molecule is Cc1ccc(C(=O)N(C)C[C@@]23CC[C@@]4(O2)[C@H]2Cc5ccc(O)cc5[C@@]4(CCN2CC2CC2)C3)cc1. The summed E-state index contributed by atoms with van der Waals surface area (Å²) in [5, 5.41) is 10.5. The summed E-state index contributed by atoms with van der Waals surface area (Å²) in [6.45, 7) is 4.96. The van der Waals surface area contributed by atoms with Gasteiger partial charge in [-0.15, -0.1) is 0 Å². The predicted octanol–water partition coefficient (Wildman–Crippen LogP) is 4.44. The third-order valence-electron chi connectivity index (χ3n) is 9.97. The highest BCUT2D eigenvalue weighted by Crippen LogP contribution is 2.69. The van der Waals surface area contributed by atoms with Crippen molar-refractivity contribution in [1.82, 2.24) is 9.80 Å². The zero-order valence-corrected chi connectivity index (χ0v) is 20.9. The molecule has 0 aromatic heterocycles. The van der Waals surface area contributed by atoms with Crippen LogP contribution in [0.15, 0.2) is 42.5 Å². The van der Waals surface area contributed by atoms with Crippen LogP contribution in [0, 0.1) is 12.8 Å². The number of carbonyl (C=O) groups excluding carboxylic acids is 1. The summed E-state index contributed by atoms with van der Waals surface area (Å²) in [4.78, 5) is 17.9. The second-order valence-corrected chi connectivity index (χ2v) is 12.2. The van der Waals surface area contributed by atoms with Gasteiger partial charge in [-0.3, -0.25) is 9.69 Å². The molecule has 7 rings (SSSR count). The summed E-state index contributed by atoms with van der Waals surface area (Å²) in [6.07, 6.45) is 7.78. The number of likely N-dealkylation sites (tertiary alicyclic amines) is 1. The van der Waals surface area contributed by atoms with E-state index >= 15 is 0 Å². The van der Waals surface area contributed by atoms with E-state index in [0.29, 0.717) is 18.3 Å². The molecule has 5 nitrogen and oxygen atoms in total. The third kappa shape index (κ3) is 3.10. The Bertz CT molecular complexity index is 1190. The minimum absolute atomic E-state index is 0.0627. The molecule has 2 aromatic rings. The molecule has 0 radical (unpaired) electrons. The molecule has 5 aliphatic rings. The van der Waals surface area contributed by atoms with Crippen molar-refractivity contribution in [2.75, 3.05) is 26.7 Å². The van der Waals surface area contributed by atoms with Gasteiger partial charge in [0.05, 0.1) is 11.2 Å². The molecule has 3 aliphatic heterocycles. The highest BCUT2D eigenvalue weighted by molar-refractivity contribution is 5.94. The lowest BCUT2D eigenvalue weighted by atomic mass is 9.50. The topological polar surface area (TPSA) is 53.0 Å². The molecular formula is C30H36N2O3. The van der Waals surface area contributed by atoms with Gasteiger partial charge in [0.2, 0.25) is 0 Å². The van der Waals surface area contributed by atoms with Crippen LogP contribution in [-0.2, 0) is 16.6 Å². The van der Waals surface area contributed by atoms with Gasteiger partial charge in [-0.1, -0.05) is 23.8 Å². The fourth-order valence-corrected chi connectivity index (χ4v) is 8.29. The number of phenols is 1. The van der Waals surface area contributed by atoms with Gasteiger partial charge in [0.1, 0.15) is 5.75 Å². The Morgan fingerprint density at radius 2 is 1.94 bits per heavy atom. The van der Waals surface area contributed by atoms with Crippen molar-refractivity contribution in [3.8, 4) is 5.75 Å². The third-order valence-corrected chi connectivity index (χ3v) is 9.97. The van der Waals surface area contributed by atoms with Gasteiger partial charge in [-0.2, -0.15) is 0 Å². The fraction of sp³-hybridized carbons (Fsp3) is 0.567. The van der Waals surface area contributed by atoms with Gasteiger partial charge >= 0.3 is 0 Å². The summed E-state index contributed by atoms with van der Waals surface area (Å²) in [5.74, 6) is 1.27. The van der Waals surface area contributed by atoms with Gasteiger partial charge in [0.15, 0.2) is 0 Å². The maximum absolute atomic E-state index is 13.3. The van der Waals surface area contributed by atoms with E-state index in [-0.39, 0.29) is 22.5 Å². The molecule has 3 saturated heterocycles. The molecule has 1 saturated carbocycles. The van der Waals surface area contributed by atoms with Crippen molar-refractivity contribution < 1.29 is 14.6 Å². The normalized spacial score (nSPS) is 35.0. The van der Waals surface area contributed by atoms with E-state index < -0.39 is 0 Å². The summed E-state index contributed by atoms with van der Waals surface area (Å²) in [7, 11) is 1.93. The lowest BCUT2D eigenvalue weighted by Gasteiger charge is -2.60. The maximum atomic E-state index is 13.3. The summed E-state index contributed by atoms with van der Waals surface area (Å²) in [6, 6.07) is 14.3. The Kier molecular flexibility index (Phi) is 4.58. The van der Waals surface area contributed by atoms with Crippen LogP contribution in [0.2, 0.25) is 0 Å². The number of amides is 1. The number of hydrogen-bond donors (Lipinski definition) is 1. The zero-order chi connectivity index (χ0) is 24.0. The number of ether oxygens (including phenoxy) is 1. The number of carbonyl (C=O) groups is 1. The molecule has 3 heterocycles. The second-order valence-electron chi connectivity index (χ2n) is 12.2. The standard InChI is InChI=1S/C30H36N2O3/c1-20-3-7-22(8-4-20)27(34)31(2)19-28-11-12-30(35-28)26-15-23-9-10-24(33)16-25(23)29(30,18-28)13-14-32(26)17-21-5-6-21/h3-4,7-10,16,21,26,33H,5-6,11-15,17-19H2,1-2H3/t26-,28+,29-,30-/m1/s1. The number of phenolic OH excluding ortho intramolecular Hbond substituents is 1. The second kappa shape index (κ2) is 7.33. The molecule has 5 heteroatoms. The largest absolute Gasteiger partial charge is 0.508 e. The number of rotatable bonds is 5. The minimum Gasteiger partial charge on any atom is -0.508 e. The summed E-state index contributed by atoms with van der Waals surface area (Å²) >= 11 is 0. The summed E-state index contributed by atoms with van der Waals surface area (Å²) in [5.41, 5.74) is 3.98. The van der Waals surface area contributed by atoms with E-state index in [4.69, 9.17) is 4.74 Å². The first kappa shape index (κ1) is 21.9. The Labute approximate surface area is 208 Å². The molecule has 1 amide bonds. The molecule has 1 spiro atoms. The predicted molar refractivity (Wildman–Crippen MR) is 135 cm³/mol. The highest BCUT2D eigenvalue weighted by atomic mass is 16.5. The van der Waals surface area contributed by atoms with Crippen LogP contribution in [-0.4, -0.2) is 64.7 Å². The van der Waals surface area contributed by atoms with E-state index in [9.17, 15) is 9.90 Å². The van der Waals surface area contributed by atoms with Crippen LogP contribution in [0.25, 0.3) is 0 Å². The number of aromatic hydroxyl groups is 1. The van der Waals surface area contributed by atoms with Gasteiger partial charge in [0, 0.05) is 37.2 Å². The van der Waals surface area contributed by atoms with Crippen LogP contribution >= 0.6 is 0 Å². The van der Waals surface area contributed by atoms with Gasteiger partial charge in [-0.25, -0.2) is 0 Å². The average Bonchev–Trinajstić information content (AvgIpc) is 3.51. The molecule has 184 valence electrons. The monoisotopic (exact) mass is 472 g/mol. The quantitative estimate of drug-likeness (QED) is 0.699. The van der Waals surface area contributed by atoms with E-state index in [2.05, 4.69) is 11.0 Å². The first-order chi connectivity index (χ1) is 16.8. The van der Waals surface area contributed by atoms with Crippen molar-refractivity contribution in [3.63, 3.8) is 0 Å². The van der Waals surface area contributed by atoms with Crippen LogP contribution in [0.3, 0.4) is 0 Å². The Morgan fingerprint density at radius 3 is 2.71 bits per heavy atom. The van der Waals surface area contributed by atoms with Crippen molar-refractivity contribution in [1.29, 1.82) is 0 Å². The molecule has 1 N–H and O–H groups in total. The van der Waals surface area contributed by atoms with Crippen molar-refractivity contribution >= 4 is 5.91 Å². The van der Waals surface area contributed by atoms with E-state index in [1.807, 2.05) is 55.3 Å². The number of likely N-dealkylation sites (N-methyl/N-ethyl adjacent to an activating group) is 1.